The van der Waals surface area contributed by atoms with E-state index in [1.54, 1.807) is 0 Å². The smallest absolute Gasteiger partial charge is 0.149 e. The molecule has 2 atom stereocenters. The third kappa shape index (κ3) is 2.75. The number of halogens is 2. The zero-order chi connectivity index (χ0) is 12.4. The Labute approximate surface area is 100 Å². The molecule has 1 aliphatic heterocycles. The Morgan fingerprint density at radius 2 is 2.12 bits per heavy atom. The molecule has 0 aliphatic carbocycles. The third-order valence-electron chi connectivity index (χ3n) is 3.40. The molecule has 0 saturated carbocycles. The molecule has 17 heavy (non-hydrogen) atoms. The van der Waals surface area contributed by atoms with E-state index in [9.17, 15) is 8.78 Å². The first kappa shape index (κ1) is 12.3. The standard InChI is InChI=1S/C13H18F2N2/c1-2-9-5-11(16)8-17(7-9)13-4-3-10(14)6-12(13)15/h3-4,6,9,11H,2,5,7-8,16H2,1H3. The van der Waals surface area contributed by atoms with Gasteiger partial charge in [0.2, 0.25) is 0 Å². The van der Waals surface area contributed by atoms with Crippen molar-refractivity contribution in [2.75, 3.05) is 18.0 Å². The molecule has 1 fully saturated rings. The van der Waals surface area contributed by atoms with Gasteiger partial charge in [0, 0.05) is 25.2 Å². The molecule has 1 heterocycles. The van der Waals surface area contributed by atoms with Gasteiger partial charge in [-0.25, -0.2) is 8.78 Å². The monoisotopic (exact) mass is 240 g/mol. The van der Waals surface area contributed by atoms with Crippen LogP contribution in [0.15, 0.2) is 18.2 Å². The summed E-state index contributed by atoms with van der Waals surface area (Å²) in [5, 5.41) is 0. The van der Waals surface area contributed by atoms with E-state index in [-0.39, 0.29) is 6.04 Å². The highest BCUT2D eigenvalue weighted by atomic mass is 19.1. The highest BCUT2D eigenvalue weighted by Crippen LogP contribution is 2.26. The summed E-state index contributed by atoms with van der Waals surface area (Å²) in [6, 6.07) is 3.78. The van der Waals surface area contributed by atoms with Crippen molar-refractivity contribution >= 4 is 5.69 Å². The molecular formula is C13H18F2N2. The number of hydrogen-bond donors (Lipinski definition) is 1. The van der Waals surface area contributed by atoms with E-state index in [0.29, 0.717) is 18.2 Å². The first-order valence-corrected chi connectivity index (χ1v) is 6.05. The van der Waals surface area contributed by atoms with Gasteiger partial charge in [-0.05, 0) is 24.5 Å². The highest BCUT2D eigenvalue weighted by Gasteiger charge is 2.25. The normalized spacial score (nSPS) is 25.1. The second-order valence-electron chi connectivity index (χ2n) is 4.77. The number of rotatable bonds is 2. The largest absolute Gasteiger partial charge is 0.367 e. The Hall–Kier alpha value is -1.16. The minimum absolute atomic E-state index is 0.0677. The zero-order valence-corrected chi connectivity index (χ0v) is 10.00. The fourth-order valence-electron chi connectivity index (χ4n) is 2.48. The van der Waals surface area contributed by atoms with Crippen molar-refractivity contribution in [2.45, 2.75) is 25.8 Å². The van der Waals surface area contributed by atoms with Crippen molar-refractivity contribution in [2.24, 2.45) is 11.7 Å². The van der Waals surface area contributed by atoms with Crippen LogP contribution in [0.3, 0.4) is 0 Å². The molecule has 1 saturated heterocycles. The van der Waals surface area contributed by atoms with Crippen LogP contribution in [0, 0.1) is 17.6 Å². The van der Waals surface area contributed by atoms with Gasteiger partial charge in [-0.3, -0.25) is 0 Å². The van der Waals surface area contributed by atoms with Crippen LogP contribution >= 0.6 is 0 Å². The Morgan fingerprint density at radius 1 is 1.35 bits per heavy atom. The average Bonchev–Trinajstić information content (AvgIpc) is 2.28. The minimum Gasteiger partial charge on any atom is -0.367 e. The van der Waals surface area contributed by atoms with Gasteiger partial charge in [-0.1, -0.05) is 13.3 Å². The summed E-state index contributed by atoms with van der Waals surface area (Å²) in [7, 11) is 0. The maximum Gasteiger partial charge on any atom is 0.149 e. The second kappa shape index (κ2) is 5.00. The van der Waals surface area contributed by atoms with E-state index >= 15 is 0 Å². The van der Waals surface area contributed by atoms with Gasteiger partial charge in [-0.15, -0.1) is 0 Å². The Bertz CT molecular complexity index is 395. The maximum absolute atomic E-state index is 13.7. The first-order chi connectivity index (χ1) is 8.10. The van der Waals surface area contributed by atoms with Crippen LogP contribution in [0.25, 0.3) is 0 Å². The second-order valence-corrected chi connectivity index (χ2v) is 4.77. The molecule has 1 aromatic rings. The van der Waals surface area contributed by atoms with Crippen molar-refractivity contribution in [3.05, 3.63) is 29.8 Å². The number of anilines is 1. The van der Waals surface area contributed by atoms with E-state index in [1.165, 1.54) is 12.1 Å². The van der Waals surface area contributed by atoms with Crippen LogP contribution in [0.2, 0.25) is 0 Å². The minimum atomic E-state index is -0.542. The van der Waals surface area contributed by atoms with E-state index in [0.717, 1.165) is 25.5 Å². The molecule has 94 valence electrons. The Morgan fingerprint density at radius 3 is 2.76 bits per heavy atom. The fourth-order valence-corrected chi connectivity index (χ4v) is 2.48. The van der Waals surface area contributed by atoms with E-state index in [4.69, 9.17) is 5.73 Å². The molecule has 1 aliphatic rings. The summed E-state index contributed by atoms with van der Waals surface area (Å²) in [6.45, 7) is 3.55. The van der Waals surface area contributed by atoms with E-state index in [2.05, 4.69) is 6.92 Å². The summed E-state index contributed by atoms with van der Waals surface area (Å²) < 4.78 is 26.5. The summed E-state index contributed by atoms with van der Waals surface area (Å²) in [5.41, 5.74) is 6.43. The highest BCUT2D eigenvalue weighted by molar-refractivity contribution is 5.48. The van der Waals surface area contributed by atoms with Crippen LogP contribution in [-0.4, -0.2) is 19.1 Å². The quantitative estimate of drug-likeness (QED) is 0.860. The predicted octanol–water partition coefficient (Wildman–Crippen LogP) is 2.53. The van der Waals surface area contributed by atoms with Crippen LogP contribution in [0.1, 0.15) is 19.8 Å². The van der Waals surface area contributed by atoms with Crippen LogP contribution < -0.4 is 10.6 Å². The van der Waals surface area contributed by atoms with Crippen LogP contribution in [0.5, 0.6) is 0 Å². The molecule has 0 bridgehead atoms. The number of hydrogen-bond acceptors (Lipinski definition) is 2. The lowest BCUT2D eigenvalue weighted by atomic mass is 9.92. The number of nitrogens with zero attached hydrogens (tertiary/aromatic N) is 1. The SMILES string of the molecule is CCC1CC(N)CN(c2ccc(F)cc2F)C1. The van der Waals surface area contributed by atoms with Gasteiger partial charge in [0.15, 0.2) is 0 Å². The lowest BCUT2D eigenvalue weighted by Gasteiger charge is -2.37. The molecule has 0 amide bonds. The van der Waals surface area contributed by atoms with Crippen molar-refractivity contribution in [3.8, 4) is 0 Å². The molecule has 0 radical (unpaired) electrons. The zero-order valence-electron chi connectivity index (χ0n) is 10.00. The molecule has 4 heteroatoms. The Balaban J connectivity index is 2.20. The summed E-state index contributed by atoms with van der Waals surface area (Å²) >= 11 is 0. The fraction of sp³-hybridized carbons (Fsp3) is 0.538. The molecule has 1 aromatic carbocycles. The number of benzene rings is 1. The van der Waals surface area contributed by atoms with Gasteiger partial charge < -0.3 is 10.6 Å². The predicted molar refractivity (Wildman–Crippen MR) is 64.9 cm³/mol. The van der Waals surface area contributed by atoms with Gasteiger partial charge in [0.25, 0.3) is 0 Å². The van der Waals surface area contributed by atoms with Crippen molar-refractivity contribution in [1.29, 1.82) is 0 Å². The van der Waals surface area contributed by atoms with Gasteiger partial charge in [0.05, 0.1) is 5.69 Å². The first-order valence-electron chi connectivity index (χ1n) is 6.05. The molecular weight excluding hydrogens is 222 g/mol. The Kier molecular flexibility index (Phi) is 3.62. The van der Waals surface area contributed by atoms with Crippen molar-refractivity contribution in [1.82, 2.24) is 0 Å². The van der Waals surface area contributed by atoms with Crippen LogP contribution in [0.4, 0.5) is 14.5 Å². The van der Waals surface area contributed by atoms with Gasteiger partial charge >= 0.3 is 0 Å². The molecule has 2 N–H and O–H groups in total. The third-order valence-corrected chi connectivity index (χ3v) is 3.40. The van der Waals surface area contributed by atoms with Crippen molar-refractivity contribution < 1.29 is 8.78 Å². The van der Waals surface area contributed by atoms with E-state index < -0.39 is 11.6 Å². The molecule has 2 nitrogen and oxygen atoms in total. The lowest BCUT2D eigenvalue weighted by molar-refractivity contribution is 0.365. The van der Waals surface area contributed by atoms with Gasteiger partial charge in [0.1, 0.15) is 11.6 Å². The topological polar surface area (TPSA) is 29.3 Å². The van der Waals surface area contributed by atoms with Gasteiger partial charge in [-0.2, -0.15) is 0 Å². The van der Waals surface area contributed by atoms with Crippen LogP contribution in [-0.2, 0) is 0 Å². The number of piperidine rings is 1. The summed E-state index contributed by atoms with van der Waals surface area (Å²) in [4.78, 5) is 1.93. The van der Waals surface area contributed by atoms with Crippen molar-refractivity contribution in [3.63, 3.8) is 0 Å². The summed E-state index contributed by atoms with van der Waals surface area (Å²) in [6.07, 6.45) is 2.02. The molecule has 2 unspecified atom stereocenters. The molecule has 0 spiro atoms. The average molecular weight is 240 g/mol. The molecule has 2 rings (SSSR count). The number of nitrogens with two attached hydrogens (primary N) is 1. The molecule has 0 aromatic heterocycles. The maximum atomic E-state index is 13.7. The summed E-state index contributed by atoms with van der Waals surface area (Å²) in [5.74, 6) is -0.559. The lowest BCUT2D eigenvalue weighted by Crippen LogP contribution is -2.47. The van der Waals surface area contributed by atoms with E-state index in [1.807, 2.05) is 4.90 Å².